The van der Waals surface area contributed by atoms with Crippen molar-refractivity contribution in [2.24, 2.45) is 15.4 Å². The Hall–Kier alpha value is -3.38. The van der Waals surface area contributed by atoms with Crippen molar-refractivity contribution >= 4 is 32.6 Å². The highest BCUT2D eigenvalue weighted by molar-refractivity contribution is 7.40. The van der Waals surface area contributed by atoms with Crippen molar-refractivity contribution in [1.29, 1.82) is 0 Å². The Morgan fingerprint density at radius 3 is 2.54 bits per heavy atom. The number of benzene rings is 1. The van der Waals surface area contributed by atoms with Crippen LogP contribution in [-0.2, 0) is 17.4 Å². The Morgan fingerprint density at radius 1 is 1.18 bits per heavy atom. The SMILES string of the molecule is C=NN(CCCN(C)C(=PC)c1[nH]c(=O)[nH]c1N(C=O)CCCC)N=NCCc1c(F)cccc1C(F)(F)F. The van der Waals surface area contributed by atoms with E-state index in [1.165, 1.54) is 10.0 Å². The highest BCUT2D eigenvalue weighted by atomic mass is 31.1. The molecule has 0 bridgehead atoms. The van der Waals surface area contributed by atoms with Gasteiger partial charge >= 0.3 is 11.9 Å². The molecule has 1 aromatic carbocycles. The third-order valence-corrected chi connectivity index (χ3v) is 6.73. The first kappa shape index (κ1) is 31.8. The van der Waals surface area contributed by atoms with E-state index in [2.05, 4.69) is 32.1 Å². The number of carbonyl (C=O) groups is 1. The molecular formula is C24H33F4N8O2P. The van der Waals surface area contributed by atoms with Crippen molar-refractivity contribution in [1.82, 2.24) is 20.0 Å². The minimum atomic E-state index is -4.67. The van der Waals surface area contributed by atoms with Crippen molar-refractivity contribution in [2.45, 2.75) is 38.8 Å². The van der Waals surface area contributed by atoms with Crippen molar-refractivity contribution in [3.05, 3.63) is 51.3 Å². The highest BCUT2D eigenvalue weighted by Crippen LogP contribution is 2.33. The summed E-state index contributed by atoms with van der Waals surface area (Å²) in [5.74, 6) is -0.538. The first-order chi connectivity index (χ1) is 18.6. The third kappa shape index (κ3) is 9.10. The molecule has 0 saturated heterocycles. The largest absolute Gasteiger partial charge is 0.416 e. The number of hydrogen-bond donors (Lipinski definition) is 2. The van der Waals surface area contributed by atoms with Crippen LogP contribution in [0.15, 0.2) is 38.4 Å². The molecule has 10 nitrogen and oxygen atoms in total. The lowest BCUT2D eigenvalue weighted by Crippen LogP contribution is -2.32. The van der Waals surface area contributed by atoms with Crippen LogP contribution in [0.25, 0.3) is 0 Å². The number of hydrazone groups is 1. The molecule has 0 saturated carbocycles. The summed E-state index contributed by atoms with van der Waals surface area (Å²) in [6.07, 6.45) is -2.05. The second kappa shape index (κ2) is 15.3. The molecule has 0 aliphatic heterocycles. The van der Waals surface area contributed by atoms with E-state index in [0.29, 0.717) is 44.0 Å². The van der Waals surface area contributed by atoms with Gasteiger partial charge in [0.05, 0.1) is 24.1 Å². The van der Waals surface area contributed by atoms with Crippen LogP contribution in [0.4, 0.5) is 23.4 Å². The van der Waals surface area contributed by atoms with Gasteiger partial charge in [0, 0.05) is 25.4 Å². The molecule has 1 amide bonds. The van der Waals surface area contributed by atoms with E-state index < -0.39 is 28.8 Å². The van der Waals surface area contributed by atoms with Crippen molar-refractivity contribution in [3.63, 3.8) is 0 Å². The van der Waals surface area contributed by atoms with Crippen LogP contribution in [0.1, 0.15) is 43.0 Å². The van der Waals surface area contributed by atoms with E-state index in [0.717, 1.165) is 44.7 Å². The molecule has 1 aromatic heterocycles. The van der Waals surface area contributed by atoms with E-state index in [1.807, 2.05) is 25.5 Å². The van der Waals surface area contributed by atoms with Gasteiger partial charge in [0.2, 0.25) is 6.41 Å². The summed E-state index contributed by atoms with van der Waals surface area (Å²) >= 11 is 0. The fourth-order valence-corrected chi connectivity index (χ4v) is 4.65. The molecule has 15 heteroatoms. The van der Waals surface area contributed by atoms with Crippen LogP contribution in [0.3, 0.4) is 0 Å². The number of rotatable bonds is 16. The average molecular weight is 573 g/mol. The van der Waals surface area contributed by atoms with Gasteiger partial charge in [-0.2, -0.15) is 28.5 Å². The van der Waals surface area contributed by atoms with E-state index >= 15 is 0 Å². The van der Waals surface area contributed by atoms with Gasteiger partial charge in [-0.25, -0.2) is 9.18 Å². The summed E-state index contributed by atoms with van der Waals surface area (Å²) in [4.78, 5) is 32.6. The Labute approximate surface area is 225 Å². The molecule has 0 spiro atoms. The fourth-order valence-electron chi connectivity index (χ4n) is 3.83. The molecule has 0 unspecified atom stereocenters. The molecule has 0 aliphatic carbocycles. The summed E-state index contributed by atoms with van der Waals surface area (Å²) in [6.45, 7) is 8.46. The van der Waals surface area contributed by atoms with Gasteiger partial charge in [-0.3, -0.25) is 19.6 Å². The summed E-state index contributed by atoms with van der Waals surface area (Å²) < 4.78 is 53.4. The lowest BCUT2D eigenvalue weighted by Gasteiger charge is -2.23. The number of hydrogen-bond acceptors (Lipinski definition) is 5. The number of imidazole rings is 1. The molecule has 2 rings (SSSR count). The zero-order valence-corrected chi connectivity index (χ0v) is 23.0. The van der Waals surface area contributed by atoms with Crippen molar-refractivity contribution in [3.8, 4) is 0 Å². The number of carbonyl (C=O) groups excluding carboxylic acids is 1. The number of amides is 1. The zero-order chi connectivity index (χ0) is 29.0. The maximum atomic E-state index is 14.0. The van der Waals surface area contributed by atoms with Gasteiger partial charge < -0.3 is 4.98 Å². The van der Waals surface area contributed by atoms with E-state index in [9.17, 15) is 27.2 Å². The van der Waals surface area contributed by atoms with E-state index in [-0.39, 0.29) is 13.0 Å². The maximum absolute atomic E-state index is 14.0. The van der Waals surface area contributed by atoms with Crippen LogP contribution in [0, 0.1) is 5.82 Å². The molecule has 39 heavy (non-hydrogen) atoms. The first-order valence-electron chi connectivity index (χ1n) is 12.3. The summed E-state index contributed by atoms with van der Waals surface area (Å²) in [5.41, 5.74) is -0.597. The average Bonchev–Trinajstić information content (AvgIpc) is 3.27. The number of halogens is 4. The minimum absolute atomic E-state index is 0.169. The maximum Gasteiger partial charge on any atom is 0.416 e. The fraction of sp³-hybridized carbons (Fsp3) is 0.500. The third-order valence-electron chi connectivity index (χ3n) is 5.74. The summed E-state index contributed by atoms with van der Waals surface area (Å²) in [6, 6.07) is 2.83. The molecular weight excluding hydrogens is 539 g/mol. The van der Waals surface area contributed by atoms with Gasteiger partial charge in [0.1, 0.15) is 17.3 Å². The Kier molecular flexibility index (Phi) is 12.5. The molecule has 214 valence electrons. The van der Waals surface area contributed by atoms with Gasteiger partial charge in [0.15, 0.2) is 0 Å². The first-order valence-corrected chi connectivity index (χ1v) is 13.6. The molecule has 0 atom stereocenters. The van der Waals surface area contributed by atoms with Crippen molar-refractivity contribution < 1.29 is 22.4 Å². The molecule has 0 aliphatic rings. The van der Waals surface area contributed by atoms with Gasteiger partial charge in [-0.05, 0) is 45.1 Å². The van der Waals surface area contributed by atoms with Crippen LogP contribution in [0.5, 0.6) is 0 Å². The van der Waals surface area contributed by atoms with Crippen LogP contribution in [-0.4, -0.2) is 78.4 Å². The second-order valence-electron chi connectivity index (χ2n) is 8.48. The number of nitrogens with one attached hydrogen (secondary N) is 2. The minimum Gasteiger partial charge on any atom is -0.303 e. The zero-order valence-electron chi connectivity index (χ0n) is 22.1. The van der Waals surface area contributed by atoms with Crippen molar-refractivity contribution in [2.75, 3.05) is 44.8 Å². The molecule has 1 heterocycles. The lowest BCUT2D eigenvalue weighted by molar-refractivity contribution is -0.138. The predicted molar refractivity (Wildman–Crippen MR) is 145 cm³/mol. The monoisotopic (exact) mass is 572 g/mol. The quantitative estimate of drug-likeness (QED) is 0.0769. The Bertz CT molecular complexity index is 1210. The number of alkyl halides is 3. The topological polar surface area (TPSA) is 113 Å². The van der Waals surface area contributed by atoms with Crippen LogP contribution >= 0.6 is 8.20 Å². The predicted octanol–water partition coefficient (Wildman–Crippen LogP) is 4.53. The van der Waals surface area contributed by atoms with E-state index in [1.54, 1.807) is 0 Å². The Morgan fingerprint density at radius 2 is 1.92 bits per heavy atom. The van der Waals surface area contributed by atoms with Crippen LogP contribution in [0.2, 0.25) is 0 Å². The number of H-pyrrole nitrogens is 2. The van der Waals surface area contributed by atoms with Gasteiger partial charge in [-0.15, -0.1) is 0 Å². The van der Waals surface area contributed by atoms with E-state index in [4.69, 9.17) is 0 Å². The van der Waals surface area contributed by atoms with Gasteiger partial charge in [0.25, 0.3) is 0 Å². The molecule has 0 fully saturated rings. The smallest absolute Gasteiger partial charge is 0.303 e. The van der Waals surface area contributed by atoms with Gasteiger partial charge in [-0.1, -0.05) is 32.8 Å². The molecule has 0 radical (unpaired) electrons. The molecule has 2 N–H and O–H groups in total. The number of aromatic amines is 2. The summed E-state index contributed by atoms with van der Waals surface area (Å²) in [7, 11) is 2.70. The number of anilines is 1. The van der Waals surface area contributed by atoms with Crippen LogP contribution < -0.4 is 10.6 Å². The molecule has 2 aromatic rings. The normalized spacial score (nSPS) is 12.4. The number of nitrogens with zero attached hydrogens (tertiary/aromatic N) is 6. The summed E-state index contributed by atoms with van der Waals surface area (Å²) in [5, 5.41) is 12.7. The highest BCUT2D eigenvalue weighted by Gasteiger charge is 2.34. The second-order valence-corrected chi connectivity index (χ2v) is 9.35. The Balaban J connectivity index is 1.98. The number of aromatic nitrogens is 2. The number of unbranched alkanes of at least 4 members (excludes halogenated alkanes) is 1. The standard InChI is InChI=1S/C24H33F4N8O2P/c1-5-6-14-35(16-37)21-20(31-23(38)32-21)22(39-4)34(3)13-8-15-36(29-2)33-30-12-11-17-18(24(26,27)28)9-7-10-19(17)25/h7,9-10,16H,2,5-6,8,11-15H2,1,3-4H3,(H2,31,32,38). The lowest BCUT2D eigenvalue weighted by atomic mass is 10.0.